The van der Waals surface area contributed by atoms with Crippen LogP contribution in [0.1, 0.15) is 9.75 Å². The number of hydrogen-bond donors (Lipinski definition) is 0. The van der Waals surface area contributed by atoms with E-state index in [0.717, 1.165) is 19.1 Å². The zero-order valence-corrected chi connectivity index (χ0v) is 10.4. The largest absolute Gasteiger partial charge is 0.299 e. The van der Waals surface area contributed by atoms with Gasteiger partial charge in [-0.25, -0.2) is 0 Å². The molecule has 0 aliphatic carbocycles. The van der Waals surface area contributed by atoms with Gasteiger partial charge in [-0.15, -0.1) is 22.7 Å². The number of carbonyl (C=O) groups excluding carboxylic acids is 1. The number of carbonyl (C=O) groups is 1. The van der Waals surface area contributed by atoms with Crippen molar-refractivity contribution in [2.45, 2.75) is 12.8 Å². The number of aldehydes is 1. The van der Waals surface area contributed by atoms with Gasteiger partial charge in [0.05, 0.1) is 0 Å². The third-order valence-corrected chi connectivity index (χ3v) is 4.02. The van der Waals surface area contributed by atoms with Gasteiger partial charge in [0.25, 0.3) is 0 Å². The summed E-state index contributed by atoms with van der Waals surface area (Å²) in [5, 5.41) is 4.14. The smallest absolute Gasteiger partial charge is 0.142 e. The number of rotatable bonds is 5. The molecule has 2 aromatic heterocycles. The molecule has 0 saturated carbocycles. The first-order valence-corrected chi connectivity index (χ1v) is 6.82. The molecule has 0 N–H and O–H groups in total. The van der Waals surface area contributed by atoms with E-state index in [1.165, 1.54) is 15.3 Å². The second-order valence-electron chi connectivity index (χ2n) is 3.47. The second kappa shape index (κ2) is 5.77. The van der Waals surface area contributed by atoms with Crippen molar-refractivity contribution < 1.29 is 4.79 Å². The molecule has 0 aliphatic rings. The van der Waals surface area contributed by atoms with Crippen molar-refractivity contribution >= 4 is 29.0 Å². The molecule has 0 saturated heterocycles. The van der Waals surface area contributed by atoms with Crippen molar-refractivity contribution in [1.82, 2.24) is 0 Å². The molecule has 0 atom stereocenters. The molecule has 2 rings (SSSR count). The van der Waals surface area contributed by atoms with Gasteiger partial charge in [0.15, 0.2) is 0 Å². The molecule has 3 heteroatoms. The van der Waals surface area contributed by atoms with E-state index in [2.05, 4.69) is 22.9 Å². The Hall–Kier alpha value is -1.19. The molecule has 0 fully saturated rings. The molecule has 82 valence electrons. The van der Waals surface area contributed by atoms with Crippen LogP contribution in [-0.4, -0.2) is 6.29 Å². The topological polar surface area (TPSA) is 17.1 Å². The van der Waals surface area contributed by atoms with Crippen molar-refractivity contribution in [3.8, 4) is 0 Å². The van der Waals surface area contributed by atoms with Crippen molar-refractivity contribution in [1.29, 1.82) is 0 Å². The van der Waals surface area contributed by atoms with Gasteiger partial charge in [-0.05, 0) is 29.0 Å². The van der Waals surface area contributed by atoms with Crippen molar-refractivity contribution in [3.05, 3.63) is 56.4 Å². The SMILES string of the molecule is O=CC=C(Cc1cccs1)Cc1cccs1. The predicted molar refractivity (Wildman–Crippen MR) is 70.2 cm³/mol. The van der Waals surface area contributed by atoms with Gasteiger partial charge in [0, 0.05) is 22.6 Å². The molecular formula is C13H12OS2. The average Bonchev–Trinajstić information content (AvgIpc) is 2.91. The van der Waals surface area contributed by atoms with E-state index in [1.807, 2.05) is 12.1 Å². The monoisotopic (exact) mass is 248 g/mol. The van der Waals surface area contributed by atoms with E-state index >= 15 is 0 Å². The van der Waals surface area contributed by atoms with Gasteiger partial charge in [-0.2, -0.15) is 0 Å². The van der Waals surface area contributed by atoms with Gasteiger partial charge in [-0.1, -0.05) is 17.7 Å². The maximum absolute atomic E-state index is 10.6. The van der Waals surface area contributed by atoms with Gasteiger partial charge >= 0.3 is 0 Å². The van der Waals surface area contributed by atoms with Crippen molar-refractivity contribution in [2.24, 2.45) is 0 Å². The minimum absolute atomic E-state index is 0.883. The number of hydrogen-bond acceptors (Lipinski definition) is 3. The van der Waals surface area contributed by atoms with Crippen LogP contribution in [0.15, 0.2) is 46.7 Å². The van der Waals surface area contributed by atoms with Crippen molar-refractivity contribution in [3.63, 3.8) is 0 Å². The molecule has 0 aliphatic heterocycles. The summed E-state index contributed by atoms with van der Waals surface area (Å²) in [6.45, 7) is 0. The number of thiophene rings is 2. The molecule has 0 amide bonds. The van der Waals surface area contributed by atoms with Gasteiger partial charge in [0.2, 0.25) is 0 Å². The Morgan fingerprint density at radius 2 is 1.62 bits per heavy atom. The fourth-order valence-electron chi connectivity index (χ4n) is 1.55. The summed E-state index contributed by atoms with van der Waals surface area (Å²) in [5.41, 5.74) is 1.18. The summed E-state index contributed by atoms with van der Waals surface area (Å²) in [4.78, 5) is 13.2. The Bertz CT molecular complexity index is 414. The molecule has 0 radical (unpaired) electrons. The average molecular weight is 248 g/mol. The Kier molecular flexibility index (Phi) is 4.08. The lowest BCUT2D eigenvalue weighted by Gasteiger charge is -2.03. The standard InChI is InChI=1S/C13H12OS2/c14-6-5-11(9-12-3-1-7-15-12)10-13-4-2-8-16-13/h1-8H,9-10H2. The lowest BCUT2D eigenvalue weighted by molar-refractivity contribution is -0.104. The first-order valence-electron chi connectivity index (χ1n) is 5.06. The van der Waals surface area contributed by atoms with E-state index in [4.69, 9.17) is 0 Å². The molecule has 1 nitrogen and oxygen atoms in total. The Balaban J connectivity index is 2.06. The second-order valence-corrected chi connectivity index (χ2v) is 5.54. The lowest BCUT2D eigenvalue weighted by atomic mass is 10.1. The maximum atomic E-state index is 10.6. The van der Waals surface area contributed by atoms with E-state index in [9.17, 15) is 4.79 Å². The number of allylic oxidation sites excluding steroid dienone is 2. The van der Waals surface area contributed by atoms with Crippen LogP contribution in [-0.2, 0) is 17.6 Å². The van der Waals surface area contributed by atoms with Gasteiger partial charge in [0.1, 0.15) is 6.29 Å². The van der Waals surface area contributed by atoms with E-state index in [-0.39, 0.29) is 0 Å². The molecule has 0 unspecified atom stereocenters. The molecular weight excluding hydrogens is 236 g/mol. The maximum Gasteiger partial charge on any atom is 0.142 e. The zero-order valence-electron chi connectivity index (χ0n) is 8.76. The highest BCUT2D eigenvalue weighted by molar-refractivity contribution is 7.10. The van der Waals surface area contributed by atoms with Crippen LogP contribution in [0.25, 0.3) is 0 Å². The van der Waals surface area contributed by atoms with Crippen LogP contribution in [0.4, 0.5) is 0 Å². The van der Waals surface area contributed by atoms with E-state index < -0.39 is 0 Å². The minimum Gasteiger partial charge on any atom is -0.299 e. The highest BCUT2D eigenvalue weighted by atomic mass is 32.1. The molecule has 0 bridgehead atoms. The summed E-state index contributed by atoms with van der Waals surface area (Å²) >= 11 is 3.47. The van der Waals surface area contributed by atoms with Crippen LogP contribution < -0.4 is 0 Å². The molecule has 2 aromatic rings. The molecule has 2 heterocycles. The fraction of sp³-hybridized carbons (Fsp3) is 0.154. The van der Waals surface area contributed by atoms with Gasteiger partial charge < -0.3 is 0 Å². The van der Waals surface area contributed by atoms with Crippen LogP contribution in [0.2, 0.25) is 0 Å². The van der Waals surface area contributed by atoms with Crippen LogP contribution in [0, 0.1) is 0 Å². The molecule has 16 heavy (non-hydrogen) atoms. The summed E-state index contributed by atoms with van der Waals surface area (Å²) in [7, 11) is 0. The highest BCUT2D eigenvalue weighted by Crippen LogP contribution is 2.19. The van der Waals surface area contributed by atoms with Gasteiger partial charge in [-0.3, -0.25) is 4.79 Å². The zero-order chi connectivity index (χ0) is 11.2. The quantitative estimate of drug-likeness (QED) is 0.582. The summed E-state index contributed by atoms with van der Waals surface area (Å²) in [6, 6.07) is 8.31. The summed E-state index contributed by atoms with van der Waals surface area (Å²) < 4.78 is 0. The fourth-order valence-corrected chi connectivity index (χ4v) is 3.07. The third-order valence-electron chi connectivity index (χ3n) is 2.27. The van der Waals surface area contributed by atoms with Crippen molar-refractivity contribution in [2.75, 3.05) is 0 Å². The Morgan fingerprint density at radius 1 is 1.06 bits per heavy atom. The van der Waals surface area contributed by atoms with E-state index in [1.54, 1.807) is 28.7 Å². The summed E-state index contributed by atoms with van der Waals surface area (Å²) in [5.74, 6) is 0. The van der Waals surface area contributed by atoms with Crippen LogP contribution >= 0.6 is 22.7 Å². The Labute approximate surface area is 103 Å². The first kappa shape index (κ1) is 11.3. The Morgan fingerprint density at radius 3 is 2.00 bits per heavy atom. The van der Waals surface area contributed by atoms with Crippen LogP contribution in [0.5, 0.6) is 0 Å². The highest BCUT2D eigenvalue weighted by Gasteiger charge is 2.03. The first-order chi connectivity index (χ1) is 7.88. The molecule has 0 spiro atoms. The normalized spacial score (nSPS) is 10.0. The van der Waals surface area contributed by atoms with E-state index in [0.29, 0.717) is 0 Å². The predicted octanol–water partition coefficient (Wildman–Crippen LogP) is 3.72. The summed E-state index contributed by atoms with van der Waals surface area (Å²) in [6.07, 6.45) is 4.35. The lowest BCUT2D eigenvalue weighted by Crippen LogP contribution is -1.93. The van der Waals surface area contributed by atoms with Crippen LogP contribution in [0.3, 0.4) is 0 Å². The third kappa shape index (κ3) is 3.15. The minimum atomic E-state index is 0.883. The molecule has 0 aromatic carbocycles.